The smallest absolute Gasteiger partial charge is 0.0800 e. The SMILES string of the molecule is CCCc1ccc(C(C)OC2CCNCC2)cc1. The van der Waals surface area contributed by atoms with Gasteiger partial charge in [-0.15, -0.1) is 0 Å². The Morgan fingerprint density at radius 1 is 1.22 bits per heavy atom. The van der Waals surface area contributed by atoms with Crippen LogP contribution in [0.4, 0.5) is 0 Å². The molecule has 2 nitrogen and oxygen atoms in total. The van der Waals surface area contributed by atoms with Gasteiger partial charge in [0.2, 0.25) is 0 Å². The van der Waals surface area contributed by atoms with Crippen LogP contribution < -0.4 is 5.32 Å². The van der Waals surface area contributed by atoms with Gasteiger partial charge in [0.25, 0.3) is 0 Å². The second kappa shape index (κ2) is 6.91. The second-order valence-corrected chi connectivity index (χ2v) is 5.22. The Bertz CT molecular complexity index is 341. The number of nitrogens with one attached hydrogen (secondary N) is 1. The molecule has 0 amide bonds. The number of rotatable bonds is 5. The van der Waals surface area contributed by atoms with Crippen LogP contribution in [0.5, 0.6) is 0 Å². The van der Waals surface area contributed by atoms with Crippen LogP contribution in [0.1, 0.15) is 50.3 Å². The number of aryl methyl sites for hydroxylation is 1. The minimum Gasteiger partial charge on any atom is -0.370 e. The van der Waals surface area contributed by atoms with Gasteiger partial charge in [0.1, 0.15) is 0 Å². The number of piperidine rings is 1. The monoisotopic (exact) mass is 247 g/mol. The standard InChI is InChI=1S/C16H25NO/c1-3-4-14-5-7-15(8-6-14)13(2)18-16-9-11-17-12-10-16/h5-8,13,16-17H,3-4,9-12H2,1-2H3. The van der Waals surface area contributed by atoms with Gasteiger partial charge in [-0.3, -0.25) is 0 Å². The van der Waals surface area contributed by atoms with E-state index in [1.807, 2.05) is 0 Å². The van der Waals surface area contributed by atoms with Crippen molar-refractivity contribution >= 4 is 0 Å². The minimum absolute atomic E-state index is 0.212. The third-order valence-electron chi connectivity index (χ3n) is 3.67. The van der Waals surface area contributed by atoms with Crippen molar-refractivity contribution in [2.45, 2.75) is 51.7 Å². The third-order valence-corrected chi connectivity index (χ3v) is 3.67. The van der Waals surface area contributed by atoms with Gasteiger partial charge >= 0.3 is 0 Å². The summed E-state index contributed by atoms with van der Waals surface area (Å²) >= 11 is 0. The number of ether oxygens (including phenoxy) is 1. The van der Waals surface area contributed by atoms with Crippen LogP contribution in [0.15, 0.2) is 24.3 Å². The molecule has 1 aliphatic heterocycles. The van der Waals surface area contributed by atoms with Gasteiger partial charge in [-0.05, 0) is 50.4 Å². The van der Waals surface area contributed by atoms with Crippen molar-refractivity contribution in [1.29, 1.82) is 0 Å². The molecule has 1 aromatic carbocycles. The van der Waals surface area contributed by atoms with Gasteiger partial charge in [0.15, 0.2) is 0 Å². The van der Waals surface area contributed by atoms with E-state index in [0.29, 0.717) is 6.10 Å². The maximum Gasteiger partial charge on any atom is 0.0800 e. The largest absolute Gasteiger partial charge is 0.370 e. The molecular formula is C16H25NO. The first kappa shape index (κ1) is 13.6. The molecule has 1 aliphatic rings. The lowest BCUT2D eigenvalue weighted by molar-refractivity contribution is -0.0186. The topological polar surface area (TPSA) is 21.3 Å². The van der Waals surface area contributed by atoms with Gasteiger partial charge in [-0.25, -0.2) is 0 Å². The molecule has 1 N–H and O–H groups in total. The highest BCUT2D eigenvalue weighted by atomic mass is 16.5. The van der Waals surface area contributed by atoms with Crippen LogP contribution in [0.25, 0.3) is 0 Å². The summed E-state index contributed by atoms with van der Waals surface area (Å²) in [6.45, 7) is 6.56. The van der Waals surface area contributed by atoms with Crippen molar-refractivity contribution in [2.75, 3.05) is 13.1 Å². The van der Waals surface area contributed by atoms with Crippen molar-refractivity contribution in [3.63, 3.8) is 0 Å². The van der Waals surface area contributed by atoms with Crippen LogP contribution in [0, 0.1) is 0 Å². The third kappa shape index (κ3) is 3.82. The highest BCUT2D eigenvalue weighted by molar-refractivity contribution is 5.24. The Labute approximate surface area is 111 Å². The zero-order chi connectivity index (χ0) is 12.8. The van der Waals surface area contributed by atoms with E-state index in [9.17, 15) is 0 Å². The Kier molecular flexibility index (Phi) is 5.21. The normalized spacial score (nSPS) is 18.8. The molecule has 0 spiro atoms. The molecule has 1 aromatic rings. The van der Waals surface area contributed by atoms with E-state index in [0.717, 1.165) is 25.9 Å². The van der Waals surface area contributed by atoms with Crippen LogP contribution >= 0.6 is 0 Å². The summed E-state index contributed by atoms with van der Waals surface area (Å²) in [7, 11) is 0. The highest BCUT2D eigenvalue weighted by Gasteiger charge is 2.17. The van der Waals surface area contributed by atoms with E-state index in [4.69, 9.17) is 4.74 Å². The van der Waals surface area contributed by atoms with Crippen molar-refractivity contribution in [1.82, 2.24) is 5.32 Å². The molecule has 1 atom stereocenters. The molecule has 100 valence electrons. The fourth-order valence-corrected chi connectivity index (χ4v) is 2.54. The zero-order valence-electron chi connectivity index (χ0n) is 11.6. The summed E-state index contributed by atoms with van der Waals surface area (Å²) in [5.74, 6) is 0. The van der Waals surface area contributed by atoms with Gasteiger partial charge < -0.3 is 10.1 Å². The number of hydrogen-bond acceptors (Lipinski definition) is 2. The minimum atomic E-state index is 0.212. The first-order valence-electron chi connectivity index (χ1n) is 7.24. The maximum absolute atomic E-state index is 6.14. The summed E-state index contributed by atoms with van der Waals surface area (Å²) in [6, 6.07) is 8.91. The fraction of sp³-hybridized carbons (Fsp3) is 0.625. The summed E-state index contributed by atoms with van der Waals surface area (Å²) in [5, 5.41) is 3.37. The van der Waals surface area contributed by atoms with E-state index < -0.39 is 0 Å². The molecule has 1 fully saturated rings. The molecule has 18 heavy (non-hydrogen) atoms. The van der Waals surface area contributed by atoms with E-state index in [1.165, 1.54) is 24.0 Å². The first-order chi connectivity index (χ1) is 8.79. The number of hydrogen-bond donors (Lipinski definition) is 1. The summed E-state index contributed by atoms with van der Waals surface area (Å²) < 4.78 is 6.14. The van der Waals surface area contributed by atoms with E-state index >= 15 is 0 Å². The predicted molar refractivity (Wildman–Crippen MR) is 75.8 cm³/mol. The lowest BCUT2D eigenvalue weighted by Gasteiger charge is -2.26. The molecule has 0 aliphatic carbocycles. The molecule has 1 saturated heterocycles. The van der Waals surface area contributed by atoms with Crippen LogP contribution in [0.2, 0.25) is 0 Å². The van der Waals surface area contributed by atoms with Gasteiger partial charge in [-0.2, -0.15) is 0 Å². The molecule has 0 aromatic heterocycles. The Balaban J connectivity index is 1.89. The van der Waals surface area contributed by atoms with Crippen molar-refractivity contribution in [3.05, 3.63) is 35.4 Å². The highest BCUT2D eigenvalue weighted by Crippen LogP contribution is 2.22. The quantitative estimate of drug-likeness (QED) is 0.860. The van der Waals surface area contributed by atoms with E-state index in [1.54, 1.807) is 0 Å². The lowest BCUT2D eigenvalue weighted by atomic mass is 10.0. The average molecular weight is 247 g/mol. The second-order valence-electron chi connectivity index (χ2n) is 5.22. The Morgan fingerprint density at radius 3 is 2.50 bits per heavy atom. The van der Waals surface area contributed by atoms with Gasteiger partial charge in [-0.1, -0.05) is 37.6 Å². The average Bonchev–Trinajstić information content (AvgIpc) is 2.41. The summed E-state index contributed by atoms with van der Waals surface area (Å²) in [4.78, 5) is 0. The molecule has 2 rings (SSSR count). The zero-order valence-corrected chi connectivity index (χ0v) is 11.6. The Morgan fingerprint density at radius 2 is 1.89 bits per heavy atom. The molecule has 1 heterocycles. The van der Waals surface area contributed by atoms with Crippen LogP contribution in [0.3, 0.4) is 0 Å². The molecule has 0 bridgehead atoms. The molecule has 2 heteroatoms. The summed E-state index contributed by atoms with van der Waals surface area (Å²) in [5.41, 5.74) is 2.73. The van der Waals surface area contributed by atoms with Gasteiger partial charge in [0.05, 0.1) is 12.2 Å². The number of benzene rings is 1. The molecule has 1 unspecified atom stereocenters. The Hall–Kier alpha value is -0.860. The first-order valence-corrected chi connectivity index (χ1v) is 7.24. The molecule has 0 saturated carbocycles. The van der Waals surface area contributed by atoms with Crippen molar-refractivity contribution in [3.8, 4) is 0 Å². The molecular weight excluding hydrogens is 222 g/mol. The van der Waals surface area contributed by atoms with E-state index in [-0.39, 0.29) is 6.10 Å². The van der Waals surface area contributed by atoms with Gasteiger partial charge in [0, 0.05) is 0 Å². The molecule has 0 radical (unpaired) electrons. The van der Waals surface area contributed by atoms with Crippen LogP contribution in [-0.4, -0.2) is 19.2 Å². The maximum atomic E-state index is 6.14. The van der Waals surface area contributed by atoms with Crippen molar-refractivity contribution in [2.24, 2.45) is 0 Å². The van der Waals surface area contributed by atoms with E-state index in [2.05, 4.69) is 43.4 Å². The predicted octanol–water partition coefficient (Wildman–Crippen LogP) is 3.47. The van der Waals surface area contributed by atoms with Crippen molar-refractivity contribution < 1.29 is 4.74 Å². The summed E-state index contributed by atoms with van der Waals surface area (Å²) in [6.07, 6.45) is 5.29. The fourth-order valence-electron chi connectivity index (χ4n) is 2.54. The van der Waals surface area contributed by atoms with Crippen LogP contribution in [-0.2, 0) is 11.2 Å². The lowest BCUT2D eigenvalue weighted by Crippen LogP contribution is -2.33.